The maximum absolute atomic E-state index is 13.5. The molecule has 0 aliphatic heterocycles. The van der Waals surface area contributed by atoms with Gasteiger partial charge < -0.3 is 5.32 Å². The summed E-state index contributed by atoms with van der Waals surface area (Å²) in [5.41, 5.74) is 3.76. The molecule has 0 aliphatic rings. The van der Waals surface area contributed by atoms with Gasteiger partial charge in [-0.2, -0.15) is 0 Å². The quantitative estimate of drug-likeness (QED) is 0.887. The van der Waals surface area contributed by atoms with E-state index in [1.807, 2.05) is 20.0 Å². The second-order valence-corrected chi connectivity index (χ2v) is 5.13. The van der Waals surface area contributed by atoms with Gasteiger partial charge in [0.15, 0.2) is 0 Å². The molecule has 1 N–H and O–H groups in total. The number of fused-ring (bicyclic) bond motifs is 1. The van der Waals surface area contributed by atoms with Crippen LogP contribution < -0.4 is 5.32 Å². The summed E-state index contributed by atoms with van der Waals surface area (Å²) >= 11 is 0. The molecule has 0 unspecified atom stereocenters. The molecule has 1 aromatic carbocycles. The van der Waals surface area contributed by atoms with Gasteiger partial charge in [0.05, 0.1) is 5.52 Å². The van der Waals surface area contributed by atoms with Crippen molar-refractivity contribution in [1.82, 2.24) is 4.98 Å². The molecule has 0 saturated carbocycles. The number of anilines is 1. The monoisotopic (exact) mass is 246 g/mol. The summed E-state index contributed by atoms with van der Waals surface area (Å²) in [4.78, 5) is 4.66. The van der Waals surface area contributed by atoms with Crippen molar-refractivity contribution in [3.8, 4) is 0 Å². The molecule has 0 bridgehead atoms. The van der Waals surface area contributed by atoms with E-state index in [-0.39, 0.29) is 5.82 Å². The molecule has 2 aromatic rings. The number of pyridine rings is 1. The molecule has 0 fully saturated rings. The molecule has 0 saturated heterocycles. The first-order valence-corrected chi connectivity index (χ1v) is 6.28. The second-order valence-electron chi connectivity index (χ2n) is 5.13. The molecular formula is C15H19FN2. The normalized spacial score (nSPS) is 11.2. The van der Waals surface area contributed by atoms with Gasteiger partial charge in [0.1, 0.15) is 5.82 Å². The standard InChI is InChI=1S/C15H19FN2/c1-9(2)5-12-8-14(17-4)13-7-11(16)6-10(3)15(13)18-12/h6-9H,5H2,1-4H3,(H,17,18). The van der Waals surface area contributed by atoms with Crippen molar-refractivity contribution in [2.24, 2.45) is 5.92 Å². The van der Waals surface area contributed by atoms with Gasteiger partial charge in [-0.15, -0.1) is 0 Å². The van der Waals surface area contributed by atoms with Crippen LogP contribution in [0.4, 0.5) is 10.1 Å². The van der Waals surface area contributed by atoms with E-state index in [0.29, 0.717) is 5.92 Å². The summed E-state index contributed by atoms with van der Waals surface area (Å²) < 4.78 is 13.5. The van der Waals surface area contributed by atoms with E-state index in [9.17, 15) is 4.39 Å². The van der Waals surface area contributed by atoms with Crippen LogP contribution in [0.3, 0.4) is 0 Å². The largest absolute Gasteiger partial charge is 0.388 e. The first-order valence-electron chi connectivity index (χ1n) is 6.28. The van der Waals surface area contributed by atoms with Crippen molar-refractivity contribution >= 4 is 16.6 Å². The summed E-state index contributed by atoms with van der Waals surface area (Å²) in [6.07, 6.45) is 0.932. The Morgan fingerprint density at radius 1 is 1.28 bits per heavy atom. The lowest BCUT2D eigenvalue weighted by atomic mass is 10.0. The van der Waals surface area contributed by atoms with Gasteiger partial charge in [-0.1, -0.05) is 13.8 Å². The third kappa shape index (κ3) is 2.45. The molecule has 18 heavy (non-hydrogen) atoms. The van der Waals surface area contributed by atoms with Gasteiger partial charge in [0.2, 0.25) is 0 Å². The number of rotatable bonds is 3. The molecule has 0 aliphatic carbocycles. The van der Waals surface area contributed by atoms with Crippen molar-refractivity contribution in [2.45, 2.75) is 27.2 Å². The van der Waals surface area contributed by atoms with Crippen molar-refractivity contribution < 1.29 is 4.39 Å². The predicted molar refractivity (Wildman–Crippen MR) is 74.5 cm³/mol. The highest BCUT2D eigenvalue weighted by molar-refractivity contribution is 5.93. The fraction of sp³-hybridized carbons (Fsp3) is 0.400. The van der Waals surface area contributed by atoms with Crippen LogP contribution in [0, 0.1) is 18.7 Å². The summed E-state index contributed by atoms with van der Waals surface area (Å²) in [6, 6.07) is 5.09. The van der Waals surface area contributed by atoms with Crippen LogP contribution in [0.15, 0.2) is 18.2 Å². The zero-order valence-electron chi connectivity index (χ0n) is 11.3. The molecule has 1 heterocycles. The van der Waals surface area contributed by atoms with Gasteiger partial charge in [0.25, 0.3) is 0 Å². The average molecular weight is 246 g/mol. The number of hydrogen-bond acceptors (Lipinski definition) is 2. The Balaban J connectivity index is 2.67. The third-order valence-corrected chi connectivity index (χ3v) is 3.01. The van der Waals surface area contributed by atoms with Crippen molar-refractivity contribution in [2.75, 3.05) is 12.4 Å². The molecule has 0 spiro atoms. The van der Waals surface area contributed by atoms with Gasteiger partial charge >= 0.3 is 0 Å². The molecule has 0 atom stereocenters. The molecule has 2 rings (SSSR count). The fourth-order valence-corrected chi connectivity index (χ4v) is 2.24. The first-order chi connectivity index (χ1) is 8.51. The van der Waals surface area contributed by atoms with E-state index < -0.39 is 0 Å². The van der Waals surface area contributed by atoms with Crippen LogP contribution in [0.5, 0.6) is 0 Å². The Labute approximate surface area is 107 Å². The third-order valence-electron chi connectivity index (χ3n) is 3.01. The highest BCUT2D eigenvalue weighted by Gasteiger charge is 2.10. The van der Waals surface area contributed by atoms with Crippen LogP contribution in [-0.4, -0.2) is 12.0 Å². The molecule has 0 amide bonds. The molecule has 2 nitrogen and oxygen atoms in total. The summed E-state index contributed by atoms with van der Waals surface area (Å²) in [5, 5.41) is 3.98. The number of aromatic nitrogens is 1. The minimum Gasteiger partial charge on any atom is -0.388 e. The zero-order valence-corrected chi connectivity index (χ0v) is 11.3. The van der Waals surface area contributed by atoms with E-state index in [2.05, 4.69) is 24.1 Å². The summed E-state index contributed by atoms with van der Waals surface area (Å²) in [7, 11) is 1.86. The summed E-state index contributed by atoms with van der Waals surface area (Å²) in [6.45, 7) is 6.24. The van der Waals surface area contributed by atoms with Crippen LogP contribution in [0.1, 0.15) is 25.1 Å². The van der Waals surface area contributed by atoms with E-state index in [0.717, 1.165) is 34.3 Å². The number of halogens is 1. The Kier molecular flexibility index (Phi) is 3.50. The highest BCUT2D eigenvalue weighted by atomic mass is 19.1. The Bertz CT molecular complexity index is 576. The average Bonchev–Trinajstić information content (AvgIpc) is 2.28. The van der Waals surface area contributed by atoms with E-state index >= 15 is 0 Å². The van der Waals surface area contributed by atoms with Crippen molar-refractivity contribution in [1.29, 1.82) is 0 Å². The van der Waals surface area contributed by atoms with Crippen LogP contribution in [0.2, 0.25) is 0 Å². The maximum Gasteiger partial charge on any atom is 0.124 e. The maximum atomic E-state index is 13.5. The van der Waals surface area contributed by atoms with Crippen molar-refractivity contribution in [3.05, 3.63) is 35.3 Å². The first kappa shape index (κ1) is 12.8. The van der Waals surface area contributed by atoms with Gasteiger partial charge in [-0.3, -0.25) is 4.98 Å². The topological polar surface area (TPSA) is 24.9 Å². The van der Waals surface area contributed by atoms with Gasteiger partial charge in [-0.25, -0.2) is 4.39 Å². The number of nitrogens with zero attached hydrogens (tertiary/aromatic N) is 1. The molecule has 1 aromatic heterocycles. The lowest BCUT2D eigenvalue weighted by Gasteiger charge is -2.12. The minimum absolute atomic E-state index is 0.213. The van der Waals surface area contributed by atoms with E-state index in [1.54, 1.807) is 6.07 Å². The smallest absolute Gasteiger partial charge is 0.124 e. The van der Waals surface area contributed by atoms with E-state index in [1.165, 1.54) is 6.07 Å². The van der Waals surface area contributed by atoms with Gasteiger partial charge in [-0.05, 0) is 43.0 Å². The van der Waals surface area contributed by atoms with Gasteiger partial charge in [0, 0.05) is 23.8 Å². The number of hydrogen-bond donors (Lipinski definition) is 1. The van der Waals surface area contributed by atoms with Crippen LogP contribution >= 0.6 is 0 Å². The Hall–Kier alpha value is -1.64. The Morgan fingerprint density at radius 2 is 2.00 bits per heavy atom. The Morgan fingerprint density at radius 3 is 2.61 bits per heavy atom. The predicted octanol–water partition coefficient (Wildman–Crippen LogP) is 3.92. The van der Waals surface area contributed by atoms with E-state index in [4.69, 9.17) is 0 Å². The number of nitrogens with one attached hydrogen (secondary N) is 1. The molecule has 96 valence electrons. The number of benzene rings is 1. The molecular weight excluding hydrogens is 227 g/mol. The SMILES string of the molecule is CNc1cc(CC(C)C)nc2c(C)cc(F)cc12. The molecule has 0 radical (unpaired) electrons. The molecule has 3 heteroatoms. The fourth-order valence-electron chi connectivity index (χ4n) is 2.24. The van der Waals surface area contributed by atoms with Crippen LogP contribution in [0.25, 0.3) is 10.9 Å². The van der Waals surface area contributed by atoms with Crippen molar-refractivity contribution in [3.63, 3.8) is 0 Å². The summed E-state index contributed by atoms with van der Waals surface area (Å²) in [5.74, 6) is 0.343. The second kappa shape index (κ2) is 4.92. The minimum atomic E-state index is -0.213. The highest BCUT2D eigenvalue weighted by Crippen LogP contribution is 2.27. The number of aryl methyl sites for hydroxylation is 1. The zero-order chi connectivity index (χ0) is 13.3. The lowest BCUT2D eigenvalue weighted by Crippen LogP contribution is -2.01. The lowest BCUT2D eigenvalue weighted by molar-refractivity contribution is 0.627. The van der Waals surface area contributed by atoms with Crippen LogP contribution in [-0.2, 0) is 6.42 Å².